The maximum absolute atomic E-state index is 12.0. The van der Waals surface area contributed by atoms with Crippen molar-refractivity contribution < 1.29 is 9.53 Å². The second-order valence-corrected chi connectivity index (χ2v) is 4.44. The molecule has 19 heavy (non-hydrogen) atoms. The first-order chi connectivity index (χ1) is 9.20. The van der Waals surface area contributed by atoms with Crippen LogP contribution in [-0.4, -0.2) is 27.4 Å². The number of nitrogens with zero attached hydrogens (tertiary/aromatic N) is 3. The highest BCUT2D eigenvalue weighted by atomic mass is 35.5. The Balaban J connectivity index is 1.97. The van der Waals surface area contributed by atoms with E-state index < -0.39 is 0 Å². The van der Waals surface area contributed by atoms with Crippen molar-refractivity contribution in [2.75, 3.05) is 6.61 Å². The molecular weight excluding hydrogens is 266 g/mol. The van der Waals surface area contributed by atoms with Crippen LogP contribution in [0.3, 0.4) is 0 Å². The third-order valence-electron chi connectivity index (χ3n) is 2.52. The molecule has 0 fully saturated rings. The van der Waals surface area contributed by atoms with E-state index in [9.17, 15) is 4.79 Å². The van der Waals surface area contributed by atoms with Crippen LogP contribution in [0, 0.1) is 0 Å². The summed E-state index contributed by atoms with van der Waals surface area (Å²) in [5.74, 6) is 0.459. The lowest BCUT2D eigenvalue weighted by Gasteiger charge is -2.06. The van der Waals surface area contributed by atoms with E-state index in [1.807, 2.05) is 6.92 Å². The lowest BCUT2D eigenvalue weighted by Crippen LogP contribution is -2.17. The number of carbonyl (C=O) groups is 1. The van der Waals surface area contributed by atoms with Gasteiger partial charge in [0.1, 0.15) is 11.4 Å². The van der Waals surface area contributed by atoms with Gasteiger partial charge in [0.15, 0.2) is 6.61 Å². The zero-order chi connectivity index (χ0) is 13.7. The Bertz CT molecular complexity index is 551. The zero-order valence-electron chi connectivity index (χ0n) is 10.5. The van der Waals surface area contributed by atoms with Crippen LogP contribution < -0.4 is 4.74 Å². The molecule has 1 heterocycles. The molecule has 0 saturated carbocycles. The molecule has 100 valence electrons. The van der Waals surface area contributed by atoms with Gasteiger partial charge in [-0.05, 0) is 30.7 Å². The molecule has 0 amide bonds. The van der Waals surface area contributed by atoms with Crippen LogP contribution in [0.4, 0.5) is 0 Å². The van der Waals surface area contributed by atoms with E-state index in [0.717, 1.165) is 6.42 Å². The van der Waals surface area contributed by atoms with E-state index in [0.29, 0.717) is 23.0 Å². The summed E-state index contributed by atoms with van der Waals surface area (Å²) < 4.78 is 6.99. The van der Waals surface area contributed by atoms with Crippen LogP contribution in [0.15, 0.2) is 30.5 Å². The minimum Gasteiger partial charge on any atom is -0.485 e. The van der Waals surface area contributed by atoms with Crippen LogP contribution in [0.25, 0.3) is 0 Å². The largest absolute Gasteiger partial charge is 0.485 e. The number of halogens is 1. The summed E-state index contributed by atoms with van der Waals surface area (Å²) in [6.07, 6.45) is 2.35. The van der Waals surface area contributed by atoms with Gasteiger partial charge in [0.25, 0.3) is 0 Å². The number of Topliss-reactive ketones (excluding diaryl/α,β-unsaturated/α-hetero) is 1. The number of aryl methyl sites for hydroxylation is 1. The lowest BCUT2D eigenvalue weighted by atomic mass is 10.3. The van der Waals surface area contributed by atoms with Crippen molar-refractivity contribution in [3.8, 4) is 5.75 Å². The summed E-state index contributed by atoms with van der Waals surface area (Å²) in [5, 5.41) is 8.24. The molecule has 5 nitrogen and oxygen atoms in total. The van der Waals surface area contributed by atoms with Gasteiger partial charge in [0, 0.05) is 11.6 Å². The Morgan fingerprint density at radius 1 is 1.37 bits per heavy atom. The van der Waals surface area contributed by atoms with Crippen molar-refractivity contribution in [1.29, 1.82) is 0 Å². The number of ketones is 1. The lowest BCUT2D eigenvalue weighted by molar-refractivity contribution is 0.0910. The van der Waals surface area contributed by atoms with E-state index in [1.54, 1.807) is 28.9 Å². The molecule has 0 N–H and O–H groups in total. The summed E-state index contributed by atoms with van der Waals surface area (Å²) in [4.78, 5) is 12.0. The molecule has 0 spiro atoms. The van der Waals surface area contributed by atoms with Crippen molar-refractivity contribution in [3.63, 3.8) is 0 Å². The molecule has 6 heteroatoms. The van der Waals surface area contributed by atoms with E-state index in [-0.39, 0.29) is 12.4 Å². The molecule has 0 radical (unpaired) electrons. The fourth-order valence-corrected chi connectivity index (χ4v) is 1.73. The second kappa shape index (κ2) is 6.33. The van der Waals surface area contributed by atoms with E-state index >= 15 is 0 Å². The molecule has 1 aromatic carbocycles. The average molecular weight is 280 g/mol. The highest BCUT2D eigenvalue weighted by molar-refractivity contribution is 6.30. The van der Waals surface area contributed by atoms with Gasteiger partial charge in [0.2, 0.25) is 5.78 Å². The van der Waals surface area contributed by atoms with Crippen LogP contribution in [0.1, 0.15) is 23.8 Å². The number of benzene rings is 1. The van der Waals surface area contributed by atoms with Gasteiger partial charge in [-0.15, -0.1) is 5.10 Å². The minimum absolute atomic E-state index is 0.0429. The first-order valence-corrected chi connectivity index (χ1v) is 6.38. The Kier molecular flexibility index (Phi) is 4.52. The highest BCUT2D eigenvalue weighted by Crippen LogP contribution is 2.15. The molecule has 2 rings (SSSR count). The molecule has 0 aliphatic rings. The Morgan fingerprint density at radius 3 is 2.79 bits per heavy atom. The Morgan fingerprint density at radius 2 is 2.11 bits per heavy atom. The normalized spacial score (nSPS) is 10.4. The van der Waals surface area contributed by atoms with Crippen LogP contribution in [-0.2, 0) is 6.54 Å². The zero-order valence-corrected chi connectivity index (χ0v) is 11.3. The van der Waals surface area contributed by atoms with Gasteiger partial charge in [-0.25, -0.2) is 4.68 Å². The topological polar surface area (TPSA) is 57.0 Å². The first kappa shape index (κ1) is 13.5. The minimum atomic E-state index is -0.145. The van der Waals surface area contributed by atoms with Crippen molar-refractivity contribution >= 4 is 17.4 Å². The van der Waals surface area contributed by atoms with E-state index in [2.05, 4.69) is 10.3 Å². The smallest absolute Gasteiger partial charge is 0.219 e. The van der Waals surface area contributed by atoms with Crippen molar-refractivity contribution in [2.45, 2.75) is 19.9 Å². The number of hydrogen-bond acceptors (Lipinski definition) is 4. The van der Waals surface area contributed by atoms with Crippen molar-refractivity contribution in [3.05, 3.63) is 41.2 Å². The van der Waals surface area contributed by atoms with Gasteiger partial charge in [-0.3, -0.25) is 4.79 Å². The molecule has 0 bridgehead atoms. The number of aromatic nitrogens is 3. The SMILES string of the molecule is CCCn1nncc1C(=O)COc1ccc(Cl)cc1. The fraction of sp³-hybridized carbons (Fsp3) is 0.308. The molecule has 0 saturated heterocycles. The third-order valence-corrected chi connectivity index (χ3v) is 2.77. The predicted octanol–water partition coefficient (Wildman–Crippen LogP) is 2.60. The maximum atomic E-state index is 12.0. The monoisotopic (exact) mass is 279 g/mol. The molecule has 2 aromatic rings. The van der Waals surface area contributed by atoms with Crippen molar-refractivity contribution in [2.24, 2.45) is 0 Å². The summed E-state index contributed by atoms with van der Waals surface area (Å²) >= 11 is 5.77. The molecule has 1 aromatic heterocycles. The average Bonchev–Trinajstić information content (AvgIpc) is 2.86. The van der Waals surface area contributed by atoms with Crippen LogP contribution >= 0.6 is 11.6 Å². The third kappa shape index (κ3) is 3.54. The molecule has 0 unspecified atom stereocenters. The number of ether oxygens (including phenoxy) is 1. The molecule has 0 aliphatic carbocycles. The van der Waals surface area contributed by atoms with Gasteiger partial charge in [0.05, 0.1) is 6.20 Å². The highest BCUT2D eigenvalue weighted by Gasteiger charge is 2.13. The fourth-order valence-electron chi connectivity index (χ4n) is 1.60. The van der Waals surface area contributed by atoms with E-state index in [4.69, 9.17) is 16.3 Å². The summed E-state index contributed by atoms with van der Waals surface area (Å²) in [6, 6.07) is 6.86. The summed E-state index contributed by atoms with van der Waals surface area (Å²) in [5.41, 5.74) is 0.468. The van der Waals surface area contributed by atoms with Gasteiger partial charge < -0.3 is 4.74 Å². The predicted molar refractivity (Wildman–Crippen MR) is 71.6 cm³/mol. The summed E-state index contributed by atoms with van der Waals surface area (Å²) in [6.45, 7) is 2.64. The number of rotatable bonds is 6. The number of hydrogen-bond donors (Lipinski definition) is 0. The van der Waals surface area contributed by atoms with Crippen molar-refractivity contribution in [1.82, 2.24) is 15.0 Å². The van der Waals surface area contributed by atoms with Gasteiger partial charge in [-0.2, -0.15) is 0 Å². The molecule has 0 atom stereocenters. The standard InChI is InChI=1S/C13H14ClN3O2/c1-2-7-17-12(8-15-16-17)13(18)9-19-11-5-3-10(14)4-6-11/h3-6,8H,2,7,9H2,1H3. The molecule has 0 aliphatic heterocycles. The quantitative estimate of drug-likeness (QED) is 0.763. The van der Waals surface area contributed by atoms with Crippen LogP contribution in [0.5, 0.6) is 5.75 Å². The first-order valence-electron chi connectivity index (χ1n) is 6.00. The second-order valence-electron chi connectivity index (χ2n) is 4.01. The molecular formula is C13H14ClN3O2. The maximum Gasteiger partial charge on any atom is 0.219 e. The van der Waals surface area contributed by atoms with E-state index in [1.165, 1.54) is 6.20 Å². The van der Waals surface area contributed by atoms with Crippen LogP contribution in [0.2, 0.25) is 5.02 Å². The Labute approximate surface area is 116 Å². The number of carbonyl (C=O) groups excluding carboxylic acids is 1. The van der Waals surface area contributed by atoms with Gasteiger partial charge in [-0.1, -0.05) is 23.7 Å². The summed E-state index contributed by atoms with van der Waals surface area (Å²) in [7, 11) is 0. The van der Waals surface area contributed by atoms with Gasteiger partial charge >= 0.3 is 0 Å². The Hall–Kier alpha value is -1.88.